The number of benzene rings is 1. The number of thiophene rings is 1. The highest BCUT2D eigenvalue weighted by molar-refractivity contribution is 7.99. The first-order valence-electron chi connectivity index (χ1n) is 7.28. The van der Waals surface area contributed by atoms with E-state index in [0.29, 0.717) is 16.7 Å². The molecule has 1 N–H and O–H groups in total. The lowest BCUT2D eigenvalue weighted by atomic mass is 10.1. The molecule has 0 fully saturated rings. The minimum absolute atomic E-state index is 0.284. The van der Waals surface area contributed by atoms with Gasteiger partial charge in [0, 0.05) is 11.3 Å². The number of nitrogens with one attached hydrogen (secondary N) is 1. The fourth-order valence-corrected chi connectivity index (χ4v) is 3.61. The van der Waals surface area contributed by atoms with Gasteiger partial charge < -0.3 is 10.1 Å². The molecule has 0 spiro atoms. The summed E-state index contributed by atoms with van der Waals surface area (Å²) >= 11 is 3.20. The molecule has 1 atom stereocenters. The summed E-state index contributed by atoms with van der Waals surface area (Å²) in [5.41, 5.74) is 2.60. The van der Waals surface area contributed by atoms with Gasteiger partial charge in [-0.1, -0.05) is 43.0 Å². The molecule has 2 aromatic heterocycles. The van der Waals surface area contributed by atoms with Gasteiger partial charge in [0.25, 0.3) is 0 Å². The third kappa shape index (κ3) is 2.77. The van der Waals surface area contributed by atoms with Crippen LogP contribution in [0.3, 0.4) is 0 Å². The number of ether oxygens (including phenoxy) is 1. The molecule has 3 heterocycles. The van der Waals surface area contributed by atoms with Gasteiger partial charge in [-0.2, -0.15) is 4.98 Å². The molecule has 1 aromatic carbocycles. The Hall–Kier alpha value is -2.12. The first-order valence-corrected chi connectivity index (χ1v) is 9.15. The van der Waals surface area contributed by atoms with Gasteiger partial charge in [0.15, 0.2) is 5.69 Å². The minimum Gasteiger partial charge on any atom is -0.447 e. The van der Waals surface area contributed by atoms with Gasteiger partial charge in [-0.3, -0.25) is 0 Å². The zero-order valence-electron chi connectivity index (χ0n) is 12.4. The van der Waals surface area contributed by atoms with Crippen LogP contribution in [0.15, 0.2) is 46.9 Å². The summed E-state index contributed by atoms with van der Waals surface area (Å²) in [6.07, 6.45) is -0.284. The topological polar surface area (TPSA) is 59.9 Å². The lowest BCUT2D eigenvalue weighted by Gasteiger charge is -2.17. The van der Waals surface area contributed by atoms with Crippen LogP contribution in [-0.2, 0) is 0 Å². The third-order valence-corrected chi connectivity index (χ3v) is 5.04. The lowest BCUT2D eigenvalue weighted by molar-refractivity contribution is 0.229. The van der Waals surface area contributed by atoms with Crippen molar-refractivity contribution in [3.8, 4) is 17.1 Å². The van der Waals surface area contributed by atoms with Gasteiger partial charge in [-0.15, -0.1) is 21.5 Å². The SMILES string of the molecule is CCSc1nnc2c(n1)O[C@@H](c1cccs1)Nc1ccccc1-2. The van der Waals surface area contributed by atoms with Crippen LogP contribution in [-0.4, -0.2) is 20.9 Å². The maximum Gasteiger partial charge on any atom is 0.247 e. The van der Waals surface area contributed by atoms with Crippen molar-refractivity contribution in [2.75, 3.05) is 11.1 Å². The number of hydrogen-bond donors (Lipinski definition) is 1. The summed E-state index contributed by atoms with van der Waals surface area (Å²) in [6.45, 7) is 2.06. The summed E-state index contributed by atoms with van der Waals surface area (Å²) in [5.74, 6) is 1.41. The first kappa shape index (κ1) is 14.5. The second-order valence-electron chi connectivity index (χ2n) is 4.88. The van der Waals surface area contributed by atoms with E-state index in [9.17, 15) is 0 Å². The molecule has 0 saturated carbocycles. The van der Waals surface area contributed by atoms with Crippen molar-refractivity contribution in [3.63, 3.8) is 0 Å². The molecule has 0 bridgehead atoms. The van der Waals surface area contributed by atoms with Gasteiger partial charge >= 0.3 is 0 Å². The Morgan fingerprint density at radius 3 is 2.96 bits per heavy atom. The highest BCUT2D eigenvalue weighted by atomic mass is 32.2. The molecule has 0 saturated heterocycles. The average molecular weight is 342 g/mol. The Kier molecular flexibility index (Phi) is 3.88. The van der Waals surface area contributed by atoms with Crippen LogP contribution in [0.4, 0.5) is 5.69 Å². The zero-order valence-corrected chi connectivity index (χ0v) is 14.0. The number of thioether (sulfide) groups is 1. The Morgan fingerprint density at radius 1 is 1.22 bits per heavy atom. The highest BCUT2D eigenvalue weighted by Crippen LogP contribution is 2.40. The molecule has 23 heavy (non-hydrogen) atoms. The molecule has 5 nitrogen and oxygen atoms in total. The van der Waals surface area contributed by atoms with Crippen molar-refractivity contribution in [2.45, 2.75) is 18.3 Å². The van der Waals surface area contributed by atoms with Crippen molar-refractivity contribution in [1.82, 2.24) is 15.2 Å². The smallest absolute Gasteiger partial charge is 0.247 e. The molecule has 1 aliphatic rings. The Labute approximate surface area is 142 Å². The summed E-state index contributed by atoms with van der Waals surface area (Å²) in [5, 5.41) is 14.7. The molecule has 0 amide bonds. The molecule has 116 valence electrons. The number of nitrogens with zero attached hydrogens (tertiary/aromatic N) is 3. The van der Waals surface area contributed by atoms with E-state index in [4.69, 9.17) is 4.74 Å². The van der Waals surface area contributed by atoms with Gasteiger partial charge in [0.1, 0.15) is 0 Å². The number of anilines is 1. The van der Waals surface area contributed by atoms with E-state index in [1.54, 1.807) is 23.1 Å². The van der Waals surface area contributed by atoms with E-state index in [1.165, 1.54) is 0 Å². The van der Waals surface area contributed by atoms with E-state index in [1.807, 2.05) is 41.8 Å². The molecule has 0 radical (unpaired) electrons. The van der Waals surface area contributed by atoms with Crippen LogP contribution in [0.1, 0.15) is 18.0 Å². The second-order valence-corrected chi connectivity index (χ2v) is 7.09. The monoisotopic (exact) mass is 342 g/mol. The van der Waals surface area contributed by atoms with Crippen LogP contribution in [0.5, 0.6) is 5.88 Å². The van der Waals surface area contributed by atoms with E-state index in [2.05, 4.69) is 27.4 Å². The quantitative estimate of drug-likeness (QED) is 0.719. The van der Waals surface area contributed by atoms with Crippen LogP contribution in [0, 0.1) is 0 Å². The fraction of sp³-hybridized carbons (Fsp3) is 0.188. The zero-order chi connectivity index (χ0) is 15.6. The van der Waals surface area contributed by atoms with Gasteiger partial charge in [-0.05, 0) is 23.3 Å². The Bertz CT molecular complexity index is 823. The Morgan fingerprint density at radius 2 is 2.13 bits per heavy atom. The fourth-order valence-electron chi connectivity index (χ4n) is 2.41. The molecule has 0 aliphatic carbocycles. The van der Waals surface area contributed by atoms with Crippen LogP contribution < -0.4 is 10.1 Å². The molecule has 3 aromatic rings. The van der Waals surface area contributed by atoms with Crippen molar-refractivity contribution < 1.29 is 4.74 Å². The van der Waals surface area contributed by atoms with E-state index >= 15 is 0 Å². The van der Waals surface area contributed by atoms with Gasteiger partial charge in [-0.25, -0.2) is 0 Å². The molecule has 4 rings (SSSR count). The maximum absolute atomic E-state index is 6.14. The van der Waals surface area contributed by atoms with Crippen LogP contribution >= 0.6 is 23.1 Å². The summed E-state index contributed by atoms with van der Waals surface area (Å²) in [4.78, 5) is 5.65. The Balaban J connectivity index is 1.84. The highest BCUT2D eigenvalue weighted by Gasteiger charge is 2.26. The van der Waals surface area contributed by atoms with Crippen molar-refractivity contribution in [3.05, 3.63) is 46.7 Å². The first-order chi connectivity index (χ1) is 11.3. The molecular formula is C16H14N4OS2. The molecule has 7 heteroatoms. The molecular weight excluding hydrogens is 328 g/mol. The van der Waals surface area contributed by atoms with Crippen molar-refractivity contribution in [2.24, 2.45) is 0 Å². The van der Waals surface area contributed by atoms with Gasteiger partial charge in [0.2, 0.25) is 17.3 Å². The molecule has 0 unspecified atom stereocenters. The third-order valence-electron chi connectivity index (χ3n) is 3.41. The normalized spacial score (nSPS) is 15.8. The number of para-hydroxylation sites is 1. The summed E-state index contributed by atoms with van der Waals surface area (Å²) in [6, 6.07) is 12.1. The second kappa shape index (κ2) is 6.17. The van der Waals surface area contributed by atoms with Crippen molar-refractivity contribution >= 4 is 28.8 Å². The van der Waals surface area contributed by atoms with E-state index < -0.39 is 0 Å². The number of hydrogen-bond acceptors (Lipinski definition) is 7. The average Bonchev–Trinajstić information content (AvgIpc) is 3.05. The van der Waals surface area contributed by atoms with Crippen LogP contribution in [0.25, 0.3) is 11.3 Å². The standard InChI is InChI=1S/C16H14N4OS2/c1-2-22-16-18-15-13(19-20-16)10-6-3-4-7-11(10)17-14(21-15)12-8-5-9-23-12/h3-9,14,17H,2H2,1H3/t14-/m0/s1. The molecule has 1 aliphatic heterocycles. The van der Waals surface area contributed by atoms with Gasteiger partial charge in [0.05, 0.1) is 4.88 Å². The summed E-state index contributed by atoms with van der Waals surface area (Å²) < 4.78 is 6.14. The minimum atomic E-state index is -0.284. The number of rotatable bonds is 3. The number of fused-ring (bicyclic) bond motifs is 3. The van der Waals surface area contributed by atoms with Crippen molar-refractivity contribution in [1.29, 1.82) is 0 Å². The van der Waals surface area contributed by atoms with Crippen LogP contribution in [0.2, 0.25) is 0 Å². The maximum atomic E-state index is 6.14. The predicted octanol–water partition coefficient (Wildman–Crippen LogP) is 4.22. The van der Waals surface area contributed by atoms with E-state index in [0.717, 1.165) is 21.9 Å². The summed E-state index contributed by atoms with van der Waals surface area (Å²) in [7, 11) is 0. The van der Waals surface area contributed by atoms with E-state index in [-0.39, 0.29) is 6.23 Å². The predicted molar refractivity (Wildman–Crippen MR) is 93.0 cm³/mol. The lowest BCUT2D eigenvalue weighted by Crippen LogP contribution is -2.15. The largest absolute Gasteiger partial charge is 0.447 e. The number of aromatic nitrogens is 3.